The van der Waals surface area contributed by atoms with Crippen LogP contribution >= 0.6 is 0 Å². The Morgan fingerprint density at radius 1 is 0.727 bits per heavy atom. The van der Waals surface area contributed by atoms with Crippen LogP contribution in [0, 0.1) is 0 Å². The second kappa shape index (κ2) is 10.4. The van der Waals surface area contributed by atoms with Crippen molar-refractivity contribution in [2.75, 3.05) is 0 Å². The van der Waals surface area contributed by atoms with Crippen molar-refractivity contribution in [3.63, 3.8) is 0 Å². The van der Waals surface area contributed by atoms with E-state index in [9.17, 15) is 0 Å². The molecule has 33 heavy (non-hydrogen) atoms. The summed E-state index contributed by atoms with van der Waals surface area (Å²) >= 11 is 0. The van der Waals surface area contributed by atoms with Crippen LogP contribution < -0.4 is 0 Å². The summed E-state index contributed by atoms with van der Waals surface area (Å²) in [6, 6.07) is 16.9. The fourth-order valence-electron chi connectivity index (χ4n) is 6.60. The average Bonchev–Trinajstić information content (AvgIpc) is 2.89. The Labute approximate surface area is 201 Å². The Morgan fingerprint density at radius 2 is 1.33 bits per heavy atom. The van der Waals surface area contributed by atoms with Crippen molar-refractivity contribution < 1.29 is 0 Å². The van der Waals surface area contributed by atoms with Gasteiger partial charge in [-0.15, -0.1) is 0 Å². The predicted molar refractivity (Wildman–Crippen MR) is 142 cm³/mol. The fourth-order valence-corrected chi connectivity index (χ4v) is 6.60. The average molecular weight is 440 g/mol. The van der Waals surface area contributed by atoms with Crippen molar-refractivity contribution in [3.05, 3.63) is 65.4 Å². The van der Waals surface area contributed by atoms with Gasteiger partial charge in [0.15, 0.2) is 0 Å². The van der Waals surface area contributed by atoms with Crippen LogP contribution in [0.2, 0.25) is 0 Å². The van der Waals surface area contributed by atoms with Crippen molar-refractivity contribution in [2.45, 2.75) is 109 Å². The number of nitrogens with zero attached hydrogens (tertiary/aromatic N) is 1. The number of hydrogen-bond acceptors (Lipinski definition) is 1. The topological polar surface area (TPSA) is 12.9 Å². The molecule has 2 saturated carbocycles. The van der Waals surface area contributed by atoms with E-state index in [1.807, 2.05) is 6.20 Å². The van der Waals surface area contributed by atoms with Crippen molar-refractivity contribution in [2.24, 2.45) is 0 Å². The lowest BCUT2D eigenvalue weighted by molar-refractivity contribution is 0.435. The molecule has 2 fully saturated rings. The van der Waals surface area contributed by atoms with Crippen LogP contribution in [0.1, 0.15) is 125 Å². The molecule has 0 bridgehead atoms. The highest BCUT2D eigenvalue weighted by atomic mass is 14.7. The second-order valence-electron chi connectivity index (χ2n) is 10.7. The van der Waals surface area contributed by atoms with Gasteiger partial charge in [-0.1, -0.05) is 76.6 Å². The van der Waals surface area contributed by atoms with Gasteiger partial charge in [-0.3, -0.25) is 4.98 Å². The number of aromatic nitrogens is 1. The normalized spacial score (nSPS) is 18.3. The van der Waals surface area contributed by atoms with E-state index in [2.05, 4.69) is 56.3 Å². The molecule has 1 aromatic heterocycles. The maximum Gasteiger partial charge on any atom is 0.0780 e. The predicted octanol–water partition coefficient (Wildman–Crippen LogP) is 9.90. The number of fused-ring (bicyclic) bond motifs is 1. The molecule has 174 valence electrons. The molecule has 1 heteroatoms. The highest BCUT2D eigenvalue weighted by molar-refractivity contribution is 5.95. The van der Waals surface area contributed by atoms with E-state index in [0.29, 0.717) is 5.92 Å². The van der Waals surface area contributed by atoms with Gasteiger partial charge in [0, 0.05) is 17.1 Å². The molecule has 0 unspecified atom stereocenters. The third kappa shape index (κ3) is 4.88. The maximum atomic E-state index is 4.96. The lowest BCUT2D eigenvalue weighted by atomic mass is 9.78. The molecule has 0 amide bonds. The van der Waals surface area contributed by atoms with Crippen LogP contribution in [0.4, 0.5) is 0 Å². The van der Waals surface area contributed by atoms with Gasteiger partial charge in [0.05, 0.1) is 5.69 Å². The first-order chi connectivity index (χ1) is 16.3. The molecule has 0 radical (unpaired) electrons. The molecule has 0 N–H and O–H groups in total. The molecule has 3 aromatic rings. The largest absolute Gasteiger partial charge is 0.256 e. The summed E-state index contributed by atoms with van der Waals surface area (Å²) < 4.78 is 0. The standard InChI is InChI=1S/C32H41N/c1-3-23(4-2)26-15-16-31-27(19-26)17-18-33-32(31)30-21-28(24-11-7-5-8-12-24)20-29(22-30)25-13-9-6-10-14-25/h15-25H,3-14H2,1-2H3. The Kier molecular flexibility index (Phi) is 7.14. The highest BCUT2D eigenvalue weighted by Gasteiger charge is 2.22. The van der Waals surface area contributed by atoms with Gasteiger partial charge >= 0.3 is 0 Å². The molecular formula is C32H41N. The number of hydrogen-bond donors (Lipinski definition) is 0. The molecule has 0 atom stereocenters. The number of benzene rings is 2. The molecule has 1 heterocycles. The molecule has 0 aliphatic heterocycles. The summed E-state index contributed by atoms with van der Waals surface area (Å²) in [5.74, 6) is 2.12. The van der Waals surface area contributed by atoms with Crippen LogP contribution in [0.15, 0.2) is 48.7 Å². The van der Waals surface area contributed by atoms with Crippen LogP contribution in [0.3, 0.4) is 0 Å². The SMILES string of the molecule is CCC(CC)c1ccc2c(-c3cc(C4CCCCC4)cc(C4CCCCC4)c3)nccc2c1. The third-order valence-electron chi connectivity index (χ3n) is 8.65. The summed E-state index contributed by atoms with van der Waals surface area (Å²) in [5, 5.41) is 2.65. The molecule has 2 aliphatic rings. The lowest BCUT2D eigenvalue weighted by Crippen LogP contribution is -2.09. The molecule has 2 aliphatic carbocycles. The first-order valence-electron chi connectivity index (χ1n) is 13.8. The van der Waals surface area contributed by atoms with Gasteiger partial charge in [-0.25, -0.2) is 0 Å². The minimum Gasteiger partial charge on any atom is -0.256 e. The Morgan fingerprint density at radius 3 is 1.91 bits per heavy atom. The zero-order valence-corrected chi connectivity index (χ0v) is 20.8. The van der Waals surface area contributed by atoms with Gasteiger partial charge < -0.3 is 0 Å². The molecule has 0 saturated heterocycles. The first-order valence-corrected chi connectivity index (χ1v) is 13.8. The Bertz CT molecular complexity index is 1030. The molecule has 2 aromatic carbocycles. The van der Waals surface area contributed by atoms with Crippen molar-refractivity contribution in [1.29, 1.82) is 0 Å². The summed E-state index contributed by atoms with van der Waals surface area (Å²) in [4.78, 5) is 4.96. The summed E-state index contributed by atoms with van der Waals surface area (Å²) in [7, 11) is 0. The lowest BCUT2D eigenvalue weighted by Gasteiger charge is -2.27. The molecular weight excluding hydrogens is 398 g/mol. The third-order valence-corrected chi connectivity index (χ3v) is 8.65. The van der Waals surface area contributed by atoms with Gasteiger partial charge in [0.25, 0.3) is 0 Å². The Hall–Kier alpha value is -2.15. The fraction of sp³-hybridized carbons (Fsp3) is 0.531. The van der Waals surface area contributed by atoms with E-state index in [1.165, 1.54) is 105 Å². The van der Waals surface area contributed by atoms with E-state index in [1.54, 1.807) is 11.1 Å². The first kappa shape index (κ1) is 22.6. The van der Waals surface area contributed by atoms with Crippen LogP contribution in [0.25, 0.3) is 22.0 Å². The van der Waals surface area contributed by atoms with E-state index >= 15 is 0 Å². The van der Waals surface area contributed by atoms with Crippen molar-refractivity contribution >= 4 is 10.8 Å². The van der Waals surface area contributed by atoms with Crippen LogP contribution in [-0.2, 0) is 0 Å². The summed E-state index contributed by atoms with van der Waals surface area (Å²) in [5.41, 5.74) is 7.17. The minimum atomic E-state index is 0.651. The quantitative estimate of drug-likeness (QED) is 0.372. The van der Waals surface area contributed by atoms with Gasteiger partial charge in [-0.2, -0.15) is 0 Å². The van der Waals surface area contributed by atoms with E-state index in [-0.39, 0.29) is 0 Å². The molecule has 0 spiro atoms. The van der Waals surface area contributed by atoms with Crippen molar-refractivity contribution in [3.8, 4) is 11.3 Å². The second-order valence-corrected chi connectivity index (χ2v) is 10.7. The minimum absolute atomic E-state index is 0.651. The monoisotopic (exact) mass is 439 g/mol. The zero-order valence-electron chi connectivity index (χ0n) is 20.8. The molecule has 5 rings (SSSR count). The highest BCUT2D eigenvalue weighted by Crippen LogP contribution is 2.40. The summed E-state index contributed by atoms with van der Waals surface area (Å²) in [6.45, 7) is 4.61. The molecule has 1 nitrogen and oxygen atoms in total. The number of rotatable bonds is 6. The summed E-state index contributed by atoms with van der Waals surface area (Å²) in [6.07, 6.45) is 18.2. The van der Waals surface area contributed by atoms with Gasteiger partial charge in [0.1, 0.15) is 0 Å². The van der Waals surface area contributed by atoms with Crippen LogP contribution in [-0.4, -0.2) is 4.98 Å². The maximum absolute atomic E-state index is 4.96. The van der Waals surface area contributed by atoms with E-state index in [4.69, 9.17) is 4.98 Å². The van der Waals surface area contributed by atoms with Crippen LogP contribution in [0.5, 0.6) is 0 Å². The smallest absolute Gasteiger partial charge is 0.0780 e. The number of pyridine rings is 1. The van der Waals surface area contributed by atoms with Gasteiger partial charge in [0.2, 0.25) is 0 Å². The zero-order chi connectivity index (χ0) is 22.6. The van der Waals surface area contributed by atoms with Crippen molar-refractivity contribution in [1.82, 2.24) is 4.98 Å². The Balaban J connectivity index is 1.59. The van der Waals surface area contributed by atoms with E-state index in [0.717, 1.165) is 11.8 Å². The van der Waals surface area contributed by atoms with E-state index < -0.39 is 0 Å². The van der Waals surface area contributed by atoms with Gasteiger partial charge in [-0.05, 0) is 96.6 Å².